The van der Waals surface area contributed by atoms with Gasteiger partial charge in [0.25, 0.3) is 11.2 Å². The SMILES string of the molecule is Cc1sc2nc(SCc3ccc([N+](=O)[O-])cc3)n(Cc3ccco3)c(=O)c2c1C. The first-order valence-electron chi connectivity index (χ1n) is 8.83. The number of nitro groups is 1. The Morgan fingerprint density at radius 2 is 2.00 bits per heavy atom. The Morgan fingerprint density at radius 3 is 2.66 bits per heavy atom. The highest BCUT2D eigenvalue weighted by Gasteiger charge is 2.18. The van der Waals surface area contributed by atoms with Crippen molar-refractivity contribution < 1.29 is 9.34 Å². The first-order chi connectivity index (χ1) is 13.9. The van der Waals surface area contributed by atoms with Gasteiger partial charge in [-0.05, 0) is 37.1 Å². The molecule has 0 amide bonds. The molecule has 9 heteroatoms. The lowest BCUT2D eigenvalue weighted by molar-refractivity contribution is -0.384. The van der Waals surface area contributed by atoms with E-state index in [0.717, 1.165) is 20.8 Å². The second-order valence-corrected chi connectivity index (χ2v) is 8.69. The summed E-state index contributed by atoms with van der Waals surface area (Å²) in [6.45, 7) is 4.23. The normalized spacial score (nSPS) is 11.2. The molecule has 0 N–H and O–H groups in total. The van der Waals surface area contributed by atoms with Gasteiger partial charge in [0.1, 0.15) is 10.6 Å². The predicted molar refractivity (Wildman–Crippen MR) is 114 cm³/mol. The molecule has 0 radical (unpaired) electrons. The lowest BCUT2D eigenvalue weighted by Crippen LogP contribution is -2.23. The average molecular weight is 428 g/mol. The number of thioether (sulfide) groups is 1. The molecule has 0 aliphatic heterocycles. The molecule has 0 aliphatic rings. The molecule has 0 spiro atoms. The summed E-state index contributed by atoms with van der Waals surface area (Å²) in [5.74, 6) is 1.22. The standard InChI is InChI=1S/C20H17N3O4S2/c1-12-13(2)29-18-17(12)19(24)22(10-16-4-3-9-27-16)20(21-18)28-11-14-5-7-15(8-6-14)23(25)26/h3-9H,10-11H2,1-2H3. The second kappa shape index (κ2) is 7.84. The molecule has 3 aromatic heterocycles. The molecule has 148 valence electrons. The third-order valence-corrected chi connectivity index (χ3v) is 6.81. The Bertz CT molecular complexity index is 1240. The van der Waals surface area contributed by atoms with Crippen molar-refractivity contribution in [1.29, 1.82) is 0 Å². The van der Waals surface area contributed by atoms with Gasteiger partial charge in [0, 0.05) is 22.8 Å². The van der Waals surface area contributed by atoms with Crippen LogP contribution < -0.4 is 5.56 Å². The van der Waals surface area contributed by atoms with Crippen molar-refractivity contribution in [1.82, 2.24) is 9.55 Å². The third-order valence-electron chi connectivity index (χ3n) is 4.66. The number of hydrogen-bond donors (Lipinski definition) is 0. The van der Waals surface area contributed by atoms with Gasteiger partial charge in [0.05, 0.1) is 23.1 Å². The number of hydrogen-bond acceptors (Lipinski definition) is 7. The van der Waals surface area contributed by atoms with Crippen LogP contribution >= 0.6 is 23.1 Å². The predicted octanol–water partition coefficient (Wildman–Crippen LogP) is 4.92. The number of nitrogens with zero attached hydrogens (tertiary/aromatic N) is 3. The van der Waals surface area contributed by atoms with Crippen LogP contribution in [-0.2, 0) is 12.3 Å². The fourth-order valence-corrected chi connectivity index (χ4v) is 5.00. The molecular weight excluding hydrogens is 410 g/mol. The summed E-state index contributed by atoms with van der Waals surface area (Å²) < 4.78 is 7.07. The van der Waals surface area contributed by atoms with E-state index < -0.39 is 4.92 Å². The van der Waals surface area contributed by atoms with Gasteiger partial charge in [-0.15, -0.1) is 11.3 Å². The Morgan fingerprint density at radius 1 is 1.24 bits per heavy atom. The van der Waals surface area contributed by atoms with Gasteiger partial charge in [0.2, 0.25) is 0 Å². The van der Waals surface area contributed by atoms with Gasteiger partial charge in [-0.2, -0.15) is 0 Å². The number of fused-ring (bicyclic) bond motifs is 1. The molecule has 4 aromatic rings. The monoisotopic (exact) mass is 427 g/mol. The number of benzene rings is 1. The number of aromatic nitrogens is 2. The minimum Gasteiger partial charge on any atom is -0.467 e. The number of non-ortho nitro benzene ring substituents is 1. The zero-order chi connectivity index (χ0) is 20.5. The van der Waals surface area contributed by atoms with Gasteiger partial charge in [-0.1, -0.05) is 23.9 Å². The van der Waals surface area contributed by atoms with Crippen LogP contribution in [-0.4, -0.2) is 14.5 Å². The lowest BCUT2D eigenvalue weighted by Gasteiger charge is -2.11. The highest BCUT2D eigenvalue weighted by atomic mass is 32.2. The van der Waals surface area contributed by atoms with Crippen molar-refractivity contribution in [3.8, 4) is 0 Å². The maximum absolute atomic E-state index is 13.2. The quantitative estimate of drug-likeness (QED) is 0.188. The van der Waals surface area contributed by atoms with Crippen LogP contribution in [0.15, 0.2) is 57.0 Å². The summed E-state index contributed by atoms with van der Waals surface area (Å²) in [5, 5.41) is 12.1. The smallest absolute Gasteiger partial charge is 0.269 e. The van der Waals surface area contributed by atoms with Gasteiger partial charge >= 0.3 is 0 Å². The van der Waals surface area contributed by atoms with Gasteiger partial charge in [-0.3, -0.25) is 19.5 Å². The molecule has 0 saturated heterocycles. The molecule has 29 heavy (non-hydrogen) atoms. The first kappa shape index (κ1) is 19.4. The fraction of sp³-hybridized carbons (Fsp3) is 0.200. The van der Waals surface area contributed by atoms with Crippen molar-refractivity contribution in [2.75, 3.05) is 0 Å². The molecule has 3 heterocycles. The van der Waals surface area contributed by atoms with E-state index in [4.69, 9.17) is 9.40 Å². The van der Waals surface area contributed by atoms with Crippen LogP contribution in [0.5, 0.6) is 0 Å². The Labute approximate surface area is 174 Å². The van der Waals surface area contributed by atoms with Crippen molar-refractivity contribution in [2.24, 2.45) is 0 Å². The summed E-state index contributed by atoms with van der Waals surface area (Å²) in [6, 6.07) is 10.0. The van der Waals surface area contributed by atoms with Crippen LogP contribution in [0.1, 0.15) is 21.8 Å². The van der Waals surface area contributed by atoms with Gasteiger partial charge in [-0.25, -0.2) is 4.98 Å². The third kappa shape index (κ3) is 3.83. The Balaban J connectivity index is 1.71. The van der Waals surface area contributed by atoms with Crippen molar-refractivity contribution in [2.45, 2.75) is 31.3 Å². The summed E-state index contributed by atoms with van der Waals surface area (Å²) in [4.78, 5) is 30.2. The van der Waals surface area contributed by atoms with Crippen LogP contribution in [0.2, 0.25) is 0 Å². The Hall–Kier alpha value is -2.91. The van der Waals surface area contributed by atoms with E-state index in [1.165, 1.54) is 35.2 Å². The molecule has 0 saturated carbocycles. The van der Waals surface area contributed by atoms with Crippen LogP contribution in [0.3, 0.4) is 0 Å². The van der Waals surface area contributed by atoms with Crippen LogP contribution in [0.4, 0.5) is 5.69 Å². The largest absolute Gasteiger partial charge is 0.467 e. The summed E-state index contributed by atoms with van der Waals surface area (Å²) in [6.07, 6.45) is 1.58. The van der Waals surface area contributed by atoms with E-state index in [9.17, 15) is 14.9 Å². The van der Waals surface area contributed by atoms with Gasteiger partial charge < -0.3 is 4.42 Å². The van der Waals surface area contributed by atoms with E-state index in [1.54, 1.807) is 29.0 Å². The molecule has 4 rings (SSSR count). The average Bonchev–Trinajstić information content (AvgIpc) is 3.31. The van der Waals surface area contributed by atoms with E-state index in [1.807, 2.05) is 19.9 Å². The van der Waals surface area contributed by atoms with E-state index in [2.05, 4.69) is 0 Å². The minimum absolute atomic E-state index is 0.0533. The van der Waals surface area contributed by atoms with Crippen LogP contribution in [0, 0.1) is 24.0 Å². The zero-order valence-electron chi connectivity index (χ0n) is 15.7. The van der Waals surface area contributed by atoms with Crippen molar-refractivity contribution in [3.05, 3.63) is 84.9 Å². The van der Waals surface area contributed by atoms with Crippen molar-refractivity contribution in [3.63, 3.8) is 0 Å². The molecule has 1 aromatic carbocycles. The second-order valence-electron chi connectivity index (χ2n) is 6.54. The van der Waals surface area contributed by atoms with Crippen LogP contribution in [0.25, 0.3) is 10.2 Å². The summed E-state index contributed by atoms with van der Waals surface area (Å²) in [5.41, 5.74) is 1.85. The number of furan rings is 1. The minimum atomic E-state index is -0.422. The molecule has 0 aliphatic carbocycles. The molecule has 0 unspecified atom stereocenters. The molecule has 0 bridgehead atoms. The Kier molecular flexibility index (Phi) is 5.25. The molecule has 0 fully saturated rings. The highest BCUT2D eigenvalue weighted by Crippen LogP contribution is 2.30. The number of thiophene rings is 1. The van der Waals surface area contributed by atoms with E-state index in [0.29, 0.717) is 28.6 Å². The maximum Gasteiger partial charge on any atom is 0.269 e. The maximum atomic E-state index is 13.2. The molecule has 0 atom stereocenters. The molecular formula is C20H17N3O4S2. The lowest BCUT2D eigenvalue weighted by atomic mass is 10.2. The first-order valence-corrected chi connectivity index (χ1v) is 10.6. The number of rotatable bonds is 6. The van der Waals surface area contributed by atoms with Crippen molar-refractivity contribution >= 4 is 39.0 Å². The molecule has 7 nitrogen and oxygen atoms in total. The number of aryl methyl sites for hydroxylation is 2. The zero-order valence-corrected chi connectivity index (χ0v) is 17.4. The number of nitro benzene ring substituents is 1. The topological polar surface area (TPSA) is 91.2 Å². The fourth-order valence-electron chi connectivity index (χ4n) is 2.98. The van der Waals surface area contributed by atoms with E-state index in [-0.39, 0.29) is 11.2 Å². The highest BCUT2D eigenvalue weighted by molar-refractivity contribution is 7.98. The van der Waals surface area contributed by atoms with E-state index >= 15 is 0 Å². The summed E-state index contributed by atoms with van der Waals surface area (Å²) >= 11 is 2.94. The van der Waals surface area contributed by atoms with Gasteiger partial charge in [0.15, 0.2) is 5.16 Å². The summed E-state index contributed by atoms with van der Waals surface area (Å²) in [7, 11) is 0.